The molecule has 0 bridgehead atoms. The lowest BCUT2D eigenvalue weighted by molar-refractivity contribution is 0.0299. The minimum Gasteiger partial charge on any atom is -0.378 e. The largest absolute Gasteiger partial charge is 0.378 e. The summed E-state index contributed by atoms with van der Waals surface area (Å²) in [5, 5.41) is 0. The number of benzene rings is 1. The molecule has 0 atom stereocenters. The molecule has 0 aromatic heterocycles. The molecule has 0 N–H and O–H groups in total. The van der Waals surface area contributed by atoms with E-state index in [0.717, 1.165) is 6.07 Å². The van der Waals surface area contributed by atoms with Crippen molar-refractivity contribution in [3.05, 3.63) is 33.8 Å². The quantitative estimate of drug-likeness (QED) is 0.745. The fourth-order valence-electron chi connectivity index (χ4n) is 1.65. The number of hydrogen-bond donors (Lipinski definition) is 0. The van der Waals surface area contributed by atoms with Crippen LogP contribution in [0.5, 0.6) is 0 Å². The summed E-state index contributed by atoms with van der Waals surface area (Å²) < 4.78 is 32.1. The molecule has 1 aromatic carbocycles. The number of morpholine rings is 1. The molecule has 92 valence electrons. The average molecular weight is 306 g/mol. The molecule has 17 heavy (non-hydrogen) atoms. The number of nitrogens with zero attached hydrogens (tertiary/aromatic N) is 1. The first kappa shape index (κ1) is 12.4. The summed E-state index contributed by atoms with van der Waals surface area (Å²) in [6.45, 7) is 1.63. The minimum absolute atomic E-state index is 0.251. The molecular formula is C11H10BrF2NO2. The molecule has 1 aliphatic heterocycles. The monoisotopic (exact) mass is 305 g/mol. The highest BCUT2D eigenvalue weighted by molar-refractivity contribution is 9.10. The van der Waals surface area contributed by atoms with E-state index in [1.165, 1.54) is 11.0 Å². The van der Waals surface area contributed by atoms with E-state index in [0.29, 0.717) is 30.8 Å². The lowest BCUT2D eigenvalue weighted by atomic mass is 10.1. The maximum absolute atomic E-state index is 13.5. The van der Waals surface area contributed by atoms with Crippen molar-refractivity contribution in [1.82, 2.24) is 4.90 Å². The number of rotatable bonds is 1. The van der Waals surface area contributed by atoms with Gasteiger partial charge in [0.1, 0.15) is 0 Å². The van der Waals surface area contributed by atoms with Gasteiger partial charge >= 0.3 is 0 Å². The van der Waals surface area contributed by atoms with Crippen molar-refractivity contribution < 1.29 is 18.3 Å². The van der Waals surface area contributed by atoms with Crippen molar-refractivity contribution >= 4 is 21.8 Å². The topological polar surface area (TPSA) is 29.5 Å². The molecule has 2 rings (SSSR count). The first-order chi connectivity index (χ1) is 8.09. The van der Waals surface area contributed by atoms with Crippen LogP contribution in [0.2, 0.25) is 0 Å². The summed E-state index contributed by atoms with van der Waals surface area (Å²) in [5.74, 6) is -2.65. The fraction of sp³-hybridized carbons (Fsp3) is 0.364. The number of hydrogen-bond acceptors (Lipinski definition) is 2. The number of carbonyl (C=O) groups excluding carboxylic acids is 1. The van der Waals surface area contributed by atoms with Gasteiger partial charge in [-0.05, 0) is 12.1 Å². The van der Waals surface area contributed by atoms with E-state index in [1.54, 1.807) is 0 Å². The lowest BCUT2D eigenvalue weighted by Gasteiger charge is -2.27. The Kier molecular flexibility index (Phi) is 3.73. The molecule has 6 heteroatoms. The highest BCUT2D eigenvalue weighted by Crippen LogP contribution is 2.21. The highest BCUT2D eigenvalue weighted by Gasteiger charge is 2.23. The minimum atomic E-state index is -1.11. The van der Waals surface area contributed by atoms with E-state index < -0.39 is 17.5 Å². The van der Waals surface area contributed by atoms with E-state index >= 15 is 0 Å². The van der Waals surface area contributed by atoms with Crippen LogP contribution in [0.1, 0.15) is 10.4 Å². The van der Waals surface area contributed by atoms with Crippen LogP contribution in [0, 0.1) is 11.6 Å². The Bertz CT molecular complexity index is 447. The summed E-state index contributed by atoms with van der Waals surface area (Å²) in [5.41, 5.74) is -0.251. The van der Waals surface area contributed by atoms with Crippen molar-refractivity contribution in [3.63, 3.8) is 0 Å². The normalized spacial score (nSPS) is 16.1. The van der Waals surface area contributed by atoms with Crippen molar-refractivity contribution in [2.45, 2.75) is 0 Å². The van der Waals surface area contributed by atoms with E-state index in [4.69, 9.17) is 4.74 Å². The first-order valence-electron chi connectivity index (χ1n) is 5.11. The molecule has 3 nitrogen and oxygen atoms in total. The van der Waals surface area contributed by atoms with Gasteiger partial charge in [0.2, 0.25) is 0 Å². The van der Waals surface area contributed by atoms with Crippen molar-refractivity contribution in [3.8, 4) is 0 Å². The first-order valence-corrected chi connectivity index (χ1v) is 5.90. The zero-order valence-electron chi connectivity index (χ0n) is 8.88. The zero-order chi connectivity index (χ0) is 12.4. The second-order valence-electron chi connectivity index (χ2n) is 3.65. The van der Waals surface area contributed by atoms with Gasteiger partial charge in [0.05, 0.1) is 18.8 Å². The van der Waals surface area contributed by atoms with Crippen LogP contribution in [0.15, 0.2) is 16.6 Å². The van der Waals surface area contributed by atoms with Crippen molar-refractivity contribution in [1.29, 1.82) is 0 Å². The third-order valence-corrected chi connectivity index (χ3v) is 2.98. The molecule has 0 aliphatic carbocycles. The van der Waals surface area contributed by atoms with Gasteiger partial charge in [-0.3, -0.25) is 4.79 Å². The van der Waals surface area contributed by atoms with E-state index in [2.05, 4.69) is 15.9 Å². The molecular weight excluding hydrogens is 296 g/mol. The Morgan fingerprint density at radius 3 is 2.59 bits per heavy atom. The lowest BCUT2D eigenvalue weighted by Crippen LogP contribution is -2.41. The van der Waals surface area contributed by atoms with Gasteiger partial charge in [0.15, 0.2) is 11.6 Å². The van der Waals surface area contributed by atoms with Gasteiger partial charge in [-0.15, -0.1) is 0 Å². The molecule has 1 aromatic rings. The molecule has 1 aliphatic rings. The maximum Gasteiger partial charge on any atom is 0.257 e. The molecule has 0 radical (unpaired) electrons. The summed E-state index contributed by atoms with van der Waals surface area (Å²) >= 11 is 3.04. The predicted octanol–water partition coefficient (Wildman–Crippen LogP) is 2.20. The Hall–Kier alpha value is -1.01. The molecule has 1 fully saturated rings. The molecule has 1 heterocycles. The van der Waals surface area contributed by atoms with E-state index in [9.17, 15) is 13.6 Å². The molecule has 1 amide bonds. The highest BCUT2D eigenvalue weighted by atomic mass is 79.9. The number of ether oxygens (including phenoxy) is 1. The van der Waals surface area contributed by atoms with Gasteiger partial charge in [-0.1, -0.05) is 15.9 Å². The SMILES string of the molecule is O=C(c1cc(Br)cc(F)c1F)N1CCOCC1. The standard InChI is InChI=1S/C11H10BrF2NO2/c12-7-5-8(10(14)9(13)6-7)11(16)15-1-3-17-4-2-15/h5-6H,1-4H2. The van der Waals surface area contributed by atoms with E-state index in [-0.39, 0.29) is 5.56 Å². The summed E-state index contributed by atoms with van der Waals surface area (Å²) in [6, 6.07) is 2.28. The average Bonchev–Trinajstić information content (AvgIpc) is 2.34. The summed E-state index contributed by atoms with van der Waals surface area (Å²) in [4.78, 5) is 13.4. The van der Waals surface area contributed by atoms with Gasteiger partial charge in [-0.2, -0.15) is 0 Å². The maximum atomic E-state index is 13.5. The van der Waals surface area contributed by atoms with Crippen LogP contribution >= 0.6 is 15.9 Å². The number of amides is 1. The molecule has 0 saturated carbocycles. The van der Waals surface area contributed by atoms with Crippen LogP contribution in [0.25, 0.3) is 0 Å². The smallest absolute Gasteiger partial charge is 0.257 e. The van der Waals surface area contributed by atoms with Gasteiger partial charge in [-0.25, -0.2) is 8.78 Å². The van der Waals surface area contributed by atoms with Crippen molar-refractivity contribution in [2.24, 2.45) is 0 Å². The Morgan fingerprint density at radius 2 is 1.94 bits per heavy atom. The Labute approximate surface area is 105 Å². The number of halogens is 3. The predicted molar refractivity (Wildman–Crippen MR) is 60.8 cm³/mol. The second kappa shape index (κ2) is 5.10. The van der Waals surface area contributed by atoms with Crippen molar-refractivity contribution in [2.75, 3.05) is 26.3 Å². The third-order valence-electron chi connectivity index (χ3n) is 2.52. The summed E-state index contributed by atoms with van der Waals surface area (Å²) in [7, 11) is 0. The van der Waals surface area contributed by atoms with Gasteiger partial charge < -0.3 is 9.64 Å². The Morgan fingerprint density at radius 1 is 1.29 bits per heavy atom. The van der Waals surface area contributed by atoms with Crippen LogP contribution < -0.4 is 0 Å². The third kappa shape index (κ3) is 2.63. The van der Waals surface area contributed by atoms with Gasteiger partial charge in [0, 0.05) is 17.6 Å². The van der Waals surface area contributed by atoms with Crippen LogP contribution in [0.3, 0.4) is 0 Å². The second-order valence-corrected chi connectivity index (χ2v) is 4.57. The van der Waals surface area contributed by atoms with Crippen LogP contribution in [0.4, 0.5) is 8.78 Å². The summed E-state index contributed by atoms with van der Waals surface area (Å²) in [6.07, 6.45) is 0. The zero-order valence-corrected chi connectivity index (χ0v) is 10.5. The van der Waals surface area contributed by atoms with Crippen LogP contribution in [-0.2, 0) is 4.74 Å². The molecule has 0 unspecified atom stereocenters. The molecule has 0 spiro atoms. The Balaban J connectivity index is 2.29. The fourth-order valence-corrected chi connectivity index (χ4v) is 2.08. The number of carbonyl (C=O) groups is 1. The van der Waals surface area contributed by atoms with E-state index in [1.807, 2.05) is 0 Å². The molecule has 1 saturated heterocycles. The van der Waals surface area contributed by atoms with Crippen LogP contribution in [-0.4, -0.2) is 37.1 Å². The van der Waals surface area contributed by atoms with Gasteiger partial charge in [0.25, 0.3) is 5.91 Å².